The Labute approximate surface area is 111 Å². The first-order valence-electron chi connectivity index (χ1n) is 5.32. The lowest BCUT2D eigenvalue weighted by atomic mass is 10.2. The van der Waals surface area contributed by atoms with Gasteiger partial charge in [-0.25, -0.2) is 4.98 Å². The number of aryl methyl sites for hydroxylation is 1. The third-order valence-corrected chi connectivity index (χ3v) is 2.31. The number of amides is 1. The number of carbonyl (C=O) groups is 1. The Bertz CT molecular complexity index is 651. The van der Waals surface area contributed by atoms with Crippen molar-refractivity contribution in [3.63, 3.8) is 0 Å². The van der Waals surface area contributed by atoms with Crippen LogP contribution in [0.25, 0.3) is 0 Å². The van der Waals surface area contributed by atoms with E-state index in [4.69, 9.17) is 10.5 Å². The molecule has 2 aromatic heterocycles. The van der Waals surface area contributed by atoms with Gasteiger partial charge in [-0.15, -0.1) is 0 Å². The maximum absolute atomic E-state index is 12.6. The van der Waals surface area contributed by atoms with Crippen LogP contribution in [0, 0.1) is 0 Å². The summed E-state index contributed by atoms with van der Waals surface area (Å²) in [5, 5.41) is 3.78. The first-order chi connectivity index (χ1) is 9.27. The molecule has 0 bridgehead atoms. The zero-order valence-electron chi connectivity index (χ0n) is 10.2. The molecule has 0 fully saturated rings. The molecular weight excluding hydrogens is 277 g/mol. The second kappa shape index (κ2) is 4.83. The van der Waals surface area contributed by atoms with E-state index in [0.717, 1.165) is 6.07 Å². The van der Waals surface area contributed by atoms with Gasteiger partial charge in [0.15, 0.2) is 5.75 Å². The minimum Gasteiger partial charge on any atom is -0.435 e. The van der Waals surface area contributed by atoms with Crippen LogP contribution in [0.1, 0.15) is 16.1 Å². The quantitative estimate of drug-likeness (QED) is 0.931. The van der Waals surface area contributed by atoms with E-state index in [9.17, 15) is 18.0 Å². The van der Waals surface area contributed by atoms with Crippen LogP contribution in [-0.4, -0.2) is 20.7 Å². The van der Waals surface area contributed by atoms with Crippen molar-refractivity contribution >= 4 is 5.91 Å². The van der Waals surface area contributed by atoms with Gasteiger partial charge in [0.05, 0.1) is 12.4 Å². The number of pyridine rings is 1. The zero-order valence-corrected chi connectivity index (χ0v) is 10.2. The highest BCUT2D eigenvalue weighted by Gasteiger charge is 2.33. The maximum atomic E-state index is 12.6. The monoisotopic (exact) mass is 286 g/mol. The molecule has 2 heterocycles. The number of aromatic nitrogens is 3. The predicted octanol–water partition coefficient (Wildman–Crippen LogP) is 1.73. The first-order valence-corrected chi connectivity index (χ1v) is 5.32. The second-order valence-electron chi connectivity index (χ2n) is 3.86. The minimum atomic E-state index is -4.65. The van der Waals surface area contributed by atoms with Crippen LogP contribution in [0.3, 0.4) is 0 Å². The molecule has 2 aromatic rings. The molecule has 0 aliphatic rings. The maximum Gasteiger partial charge on any atom is 0.433 e. The van der Waals surface area contributed by atoms with Crippen LogP contribution in [0.2, 0.25) is 0 Å². The lowest BCUT2D eigenvalue weighted by molar-refractivity contribution is -0.141. The summed E-state index contributed by atoms with van der Waals surface area (Å²) in [6.45, 7) is 0. The lowest BCUT2D eigenvalue weighted by Gasteiger charge is -2.10. The summed E-state index contributed by atoms with van der Waals surface area (Å²) in [5.74, 6) is -1.31. The van der Waals surface area contributed by atoms with E-state index in [0.29, 0.717) is 6.07 Å². The van der Waals surface area contributed by atoms with E-state index < -0.39 is 23.7 Å². The van der Waals surface area contributed by atoms with Gasteiger partial charge >= 0.3 is 6.18 Å². The molecule has 2 rings (SSSR count). The topological polar surface area (TPSA) is 83.0 Å². The molecule has 2 N–H and O–H groups in total. The summed E-state index contributed by atoms with van der Waals surface area (Å²) in [4.78, 5) is 14.5. The van der Waals surface area contributed by atoms with Crippen molar-refractivity contribution < 1.29 is 22.7 Å². The molecule has 0 aliphatic carbocycles. The van der Waals surface area contributed by atoms with Crippen LogP contribution in [-0.2, 0) is 13.2 Å². The molecule has 0 aliphatic heterocycles. The summed E-state index contributed by atoms with van der Waals surface area (Å²) in [6.07, 6.45) is -1.97. The van der Waals surface area contributed by atoms with Gasteiger partial charge in [0, 0.05) is 7.05 Å². The van der Waals surface area contributed by atoms with E-state index in [2.05, 4.69) is 10.1 Å². The van der Waals surface area contributed by atoms with Gasteiger partial charge in [-0.1, -0.05) is 0 Å². The third-order valence-electron chi connectivity index (χ3n) is 2.31. The van der Waals surface area contributed by atoms with Crippen LogP contribution in [0.5, 0.6) is 11.6 Å². The van der Waals surface area contributed by atoms with Crippen molar-refractivity contribution in [3.05, 3.63) is 35.8 Å². The van der Waals surface area contributed by atoms with Gasteiger partial charge in [0.25, 0.3) is 5.91 Å². The Morgan fingerprint density at radius 2 is 2.10 bits per heavy atom. The first kappa shape index (κ1) is 13.8. The fraction of sp³-hybridized carbons (Fsp3) is 0.182. The zero-order chi connectivity index (χ0) is 14.9. The van der Waals surface area contributed by atoms with E-state index in [1.54, 1.807) is 7.05 Å². The number of halogens is 3. The fourth-order valence-electron chi connectivity index (χ4n) is 1.43. The summed E-state index contributed by atoms with van der Waals surface area (Å²) in [6, 6.07) is 1.58. The average Bonchev–Trinajstić information content (AvgIpc) is 2.73. The largest absolute Gasteiger partial charge is 0.435 e. The van der Waals surface area contributed by atoms with Crippen molar-refractivity contribution in [1.29, 1.82) is 0 Å². The molecular formula is C11H9F3N4O2. The molecule has 0 radical (unpaired) electrons. The molecule has 1 amide bonds. The van der Waals surface area contributed by atoms with E-state index in [1.165, 1.54) is 17.1 Å². The molecule has 0 saturated carbocycles. The van der Waals surface area contributed by atoms with E-state index in [1.807, 2.05) is 0 Å². The molecule has 0 spiro atoms. The van der Waals surface area contributed by atoms with Crippen molar-refractivity contribution in [1.82, 2.24) is 14.8 Å². The molecule has 0 aromatic carbocycles. The fourth-order valence-corrected chi connectivity index (χ4v) is 1.43. The van der Waals surface area contributed by atoms with Crippen LogP contribution < -0.4 is 10.5 Å². The summed E-state index contributed by atoms with van der Waals surface area (Å²) >= 11 is 0. The van der Waals surface area contributed by atoms with E-state index in [-0.39, 0.29) is 11.3 Å². The summed E-state index contributed by atoms with van der Waals surface area (Å²) in [7, 11) is 1.60. The number of hydrogen-bond acceptors (Lipinski definition) is 4. The van der Waals surface area contributed by atoms with Crippen molar-refractivity contribution in [2.24, 2.45) is 12.8 Å². The standard InChI is InChI=1S/C11H9F3N4O2/c1-18-5-6(4-16-18)20-10-7(9(15)19)2-3-8(17-10)11(12,13)14/h2-5H,1H3,(H2,15,19). The molecule has 0 unspecified atom stereocenters. The molecule has 0 atom stereocenters. The van der Waals surface area contributed by atoms with Crippen LogP contribution in [0.15, 0.2) is 24.5 Å². The highest BCUT2D eigenvalue weighted by atomic mass is 19.4. The molecule has 20 heavy (non-hydrogen) atoms. The number of nitrogens with two attached hydrogens (primary N) is 1. The van der Waals surface area contributed by atoms with Gasteiger partial charge in [0.2, 0.25) is 5.88 Å². The predicted molar refractivity (Wildman–Crippen MR) is 61.0 cm³/mol. The number of alkyl halides is 3. The second-order valence-corrected chi connectivity index (χ2v) is 3.86. The van der Waals surface area contributed by atoms with Gasteiger partial charge in [-0.05, 0) is 12.1 Å². The van der Waals surface area contributed by atoms with Gasteiger partial charge in [-0.3, -0.25) is 9.48 Å². The molecule has 106 valence electrons. The highest BCUT2D eigenvalue weighted by molar-refractivity contribution is 5.95. The minimum absolute atomic E-state index is 0.141. The number of ether oxygens (including phenoxy) is 1. The lowest BCUT2D eigenvalue weighted by Crippen LogP contribution is -2.15. The molecule has 9 heteroatoms. The van der Waals surface area contributed by atoms with E-state index >= 15 is 0 Å². The Morgan fingerprint density at radius 1 is 1.40 bits per heavy atom. The van der Waals surface area contributed by atoms with Crippen LogP contribution >= 0.6 is 0 Å². The van der Waals surface area contributed by atoms with Crippen molar-refractivity contribution in [2.45, 2.75) is 6.18 Å². The van der Waals surface area contributed by atoms with Gasteiger partial charge < -0.3 is 10.5 Å². The summed E-state index contributed by atoms with van der Waals surface area (Å²) < 4.78 is 44.3. The Kier molecular flexibility index (Phi) is 3.35. The SMILES string of the molecule is Cn1cc(Oc2nc(C(F)(F)F)ccc2C(N)=O)cn1. The molecule has 0 saturated heterocycles. The Balaban J connectivity index is 2.44. The number of carbonyl (C=O) groups excluding carboxylic acids is 1. The molecule has 6 nitrogen and oxygen atoms in total. The van der Waals surface area contributed by atoms with Gasteiger partial charge in [-0.2, -0.15) is 18.3 Å². The average molecular weight is 286 g/mol. The number of primary amides is 1. The normalized spacial score (nSPS) is 11.4. The number of rotatable bonds is 3. The number of hydrogen-bond donors (Lipinski definition) is 1. The smallest absolute Gasteiger partial charge is 0.433 e. The Morgan fingerprint density at radius 3 is 2.60 bits per heavy atom. The van der Waals surface area contributed by atoms with Crippen molar-refractivity contribution in [2.75, 3.05) is 0 Å². The summed E-state index contributed by atoms with van der Waals surface area (Å²) in [5.41, 5.74) is 3.64. The van der Waals surface area contributed by atoms with Crippen LogP contribution in [0.4, 0.5) is 13.2 Å². The van der Waals surface area contributed by atoms with Crippen molar-refractivity contribution in [3.8, 4) is 11.6 Å². The third kappa shape index (κ3) is 2.87. The van der Waals surface area contributed by atoms with Gasteiger partial charge in [0.1, 0.15) is 11.3 Å². The number of nitrogens with zero attached hydrogens (tertiary/aromatic N) is 3. The highest BCUT2D eigenvalue weighted by Crippen LogP contribution is 2.31. The Hall–Kier alpha value is -2.58.